The van der Waals surface area contributed by atoms with Gasteiger partial charge in [-0.3, -0.25) is 10.5 Å². The van der Waals surface area contributed by atoms with Crippen LogP contribution in [0.1, 0.15) is 35.1 Å². The molecule has 0 saturated carbocycles. The van der Waals surface area contributed by atoms with Gasteiger partial charge in [-0.2, -0.15) is 5.21 Å². The van der Waals surface area contributed by atoms with E-state index in [0.717, 1.165) is 6.42 Å². The number of aromatic nitrogens is 4. The Labute approximate surface area is 160 Å². The van der Waals surface area contributed by atoms with Gasteiger partial charge in [0.05, 0.1) is 12.2 Å². The minimum atomic E-state index is -1.45. The lowest BCUT2D eigenvalue weighted by molar-refractivity contribution is -0.0154. The Morgan fingerprint density at radius 3 is 2.82 bits per heavy atom. The molecule has 2 heterocycles. The topological polar surface area (TPSA) is 125 Å². The van der Waals surface area contributed by atoms with Crippen LogP contribution in [-0.2, 0) is 5.72 Å². The van der Waals surface area contributed by atoms with Crippen LogP contribution in [0.15, 0.2) is 42.5 Å². The highest BCUT2D eigenvalue weighted by Gasteiger charge is 2.41. The SMILES string of the molecule is CCCOc1ccc(C(=O)c2cccc3c2OC(N)(c2nn[nH]n2)CO3)cc1. The van der Waals surface area contributed by atoms with Crippen molar-refractivity contribution < 1.29 is 19.0 Å². The molecule has 2 aromatic carbocycles. The quantitative estimate of drug-likeness (QED) is 0.619. The Hall–Kier alpha value is -3.46. The Kier molecular flexibility index (Phi) is 4.66. The van der Waals surface area contributed by atoms with Crippen LogP contribution in [0.2, 0.25) is 0 Å². The molecule has 1 unspecified atom stereocenters. The van der Waals surface area contributed by atoms with Crippen LogP contribution in [-0.4, -0.2) is 39.6 Å². The van der Waals surface area contributed by atoms with Gasteiger partial charge in [-0.25, -0.2) is 0 Å². The average Bonchev–Trinajstić information content (AvgIpc) is 3.27. The molecule has 0 spiro atoms. The molecular formula is C19H19N5O4. The second kappa shape index (κ2) is 7.28. The van der Waals surface area contributed by atoms with Crippen LogP contribution in [0, 0.1) is 0 Å². The highest BCUT2D eigenvalue weighted by Crippen LogP contribution is 2.40. The molecule has 3 aromatic rings. The first-order valence-electron chi connectivity index (χ1n) is 8.86. The zero-order chi connectivity index (χ0) is 19.6. The molecule has 0 saturated heterocycles. The number of nitrogens with one attached hydrogen (secondary N) is 1. The smallest absolute Gasteiger partial charge is 0.257 e. The summed E-state index contributed by atoms with van der Waals surface area (Å²) in [6.45, 7) is 2.64. The van der Waals surface area contributed by atoms with E-state index in [2.05, 4.69) is 20.6 Å². The van der Waals surface area contributed by atoms with E-state index in [0.29, 0.717) is 29.2 Å². The van der Waals surface area contributed by atoms with E-state index in [1.807, 2.05) is 6.92 Å². The minimum Gasteiger partial charge on any atom is -0.494 e. The molecule has 0 bridgehead atoms. The molecule has 1 aliphatic rings. The van der Waals surface area contributed by atoms with Crippen molar-refractivity contribution >= 4 is 5.78 Å². The van der Waals surface area contributed by atoms with Gasteiger partial charge in [0, 0.05) is 5.56 Å². The Morgan fingerprint density at radius 2 is 2.11 bits per heavy atom. The third-order valence-electron chi connectivity index (χ3n) is 4.26. The summed E-state index contributed by atoms with van der Waals surface area (Å²) >= 11 is 0. The minimum absolute atomic E-state index is 0.0133. The van der Waals surface area contributed by atoms with E-state index in [4.69, 9.17) is 19.9 Å². The monoisotopic (exact) mass is 381 g/mol. The summed E-state index contributed by atoms with van der Waals surface area (Å²) in [5.74, 6) is 1.31. The number of nitrogens with zero attached hydrogens (tertiary/aromatic N) is 3. The van der Waals surface area contributed by atoms with Gasteiger partial charge in [0.15, 0.2) is 17.3 Å². The summed E-state index contributed by atoms with van der Waals surface area (Å²) in [7, 11) is 0. The average molecular weight is 381 g/mol. The molecule has 3 N–H and O–H groups in total. The highest BCUT2D eigenvalue weighted by molar-refractivity contribution is 6.11. The first kappa shape index (κ1) is 17.9. The number of para-hydroxylation sites is 1. The van der Waals surface area contributed by atoms with Gasteiger partial charge in [-0.15, -0.1) is 10.2 Å². The van der Waals surface area contributed by atoms with Gasteiger partial charge in [-0.1, -0.05) is 13.0 Å². The molecule has 4 rings (SSSR count). The summed E-state index contributed by atoms with van der Waals surface area (Å²) in [6.07, 6.45) is 0.912. The number of hydrogen-bond acceptors (Lipinski definition) is 8. The summed E-state index contributed by atoms with van der Waals surface area (Å²) in [5, 5.41) is 13.6. The maximum Gasteiger partial charge on any atom is 0.257 e. The number of fused-ring (bicyclic) bond motifs is 1. The van der Waals surface area contributed by atoms with Crippen LogP contribution in [0.4, 0.5) is 0 Å². The van der Waals surface area contributed by atoms with Gasteiger partial charge < -0.3 is 14.2 Å². The van der Waals surface area contributed by atoms with E-state index in [1.165, 1.54) is 0 Å². The number of aromatic amines is 1. The largest absolute Gasteiger partial charge is 0.494 e. The maximum atomic E-state index is 13.1. The number of ether oxygens (including phenoxy) is 3. The molecule has 0 fully saturated rings. The van der Waals surface area contributed by atoms with Gasteiger partial charge in [-0.05, 0) is 48.0 Å². The van der Waals surface area contributed by atoms with Gasteiger partial charge in [0.25, 0.3) is 5.72 Å². The molecule has 28 heavy (non-hydrogen) atoms. The molecule has 0 amide bonds. The standard InChI is InChI=1S/C19H19N5O4/c1-2-10-26-13-8-6-12(7-9-13)16(25)14-4-3-5-15-17(14)28-19(20,11-27-15)18-21-23-24-22-18/h3-9H,2,10-11,20H2,1H3,(H,21,22,23,24). The van der Waals surface area contributed by atoms with Crippen molar-refractivity contribution in [2.75, 3.05) is 13.2 Å². The molecule has 1 atom stereocenters. The maximum absolute atomic E-state index is 13.1. The number of tetrazole rings is 1. The number of hydrogen-bond donors (Lipinski definition) is 2. The molecule has 9 heteroatoms. The highest BCUT2D eigenvalue weighted by atomic mass is 16.6. The molecule has 0 radical (unpaired) electrons. The van der Waals surface area contributed by atoms with Crippen LogP contribution < -0.4 is 19.9 Å². The third kappa shape index (κ3) is 3.27. The fourth-order valence-electron chi connectivity index (χ4n) is 2.84. The summed E-state index contributed by atoms with van der Waals surface area (Å²) < 4.78 is 17.2. The first-order chi connectivity index (χ1) is 13.6. The van der Waals surface area contributed by atoms with E-state index < -0.39 is 5.72 Å². The van der Waals surface area contributed by atoms with Gasteiger partial charge in [0.1, 0.15) is 12.4 Å². The second-order valence-corrected chi connectivity index (χ2v) is 6.35. The lowest BCUT2D eigenvalue weighted by atomic mass is 10.0. The number of nitrogens with two attached hydrogens (primary N) is 1. The fraction of sp³-hybridized carbons (Fsp3) is 0.263. The van der Waals surface area contributed by atoms with Crippen molar-refractivity contribution in [1.82, 2.24) is 20.6 Å². The number of H-pyrrole nitrogens is 1. The molecule has 1 aromatic heterocycles. The normalized spacial score (nSPS) is 17.9. The van der Waals surface area contributed by atoms with E-state index in [1.54, 1.807) is 42.5 Å². The van der Waals surface area contributed by atoms with Crippen molar-refractivity contribution in [2.24, 2.45) is 5.73 Å². The van der Waals surface area contributed by atoms with Crippen molar-refractivity contribution in [1.29, 1.82) is 0 Å². The summed E-state index contributed by atoms with van der Waals surface area (Å²) in [4.78, 5) is 13.1. The Balaban J connectivity index is 1.64. The predicted molar refractivity (Wildman–Crippen MR) is 98.3 cm³/mol. The zero-order valence-electron chi connectivity index (χ0n) is 15.2. The number of carbonyl (C=O) groups excluding carboxylic acids is 1. The molecule has 9 nitrogen and oxygen atoms in total. The first-order valence-corrected chi connectivity index (χ1v) is 8.86. The number of carbonyl (C=O) groups is 1. The third-order valence-corrected chi connectivity index (χ3v) is 4.26. The van der Waals surface area contributed by atoms with Crippen LogP contribution in [0.25, 0.3) is 0 Å². The Bertz CT molecular complexity index is 974. The van der Waals surface area contributed by atoms with Gasteiger partial charge >= 0.3 is 0 Å². The van der Waals surface area contributed by atoms with Crippen molar-refractivity contribution in [3.63, 3.8) is 0 Å². The van der Waals surface area contributed by atoms with E-state index >= 15 is 0 Å². The van der Waals surface area contributed by atoms with E-state index in [-0.39, 0.29) is 24.0 Å². The lowest BCUT2D eigenvalue weighted by Gasteiger charge is -2.33. The molecular weight excluding hydrogens is 362 g/mol. The van der Waals surface area contributed by atoms with Crippen molar-refractivity contribution in [3.05, 3.63) is 59.4 Å². The predicted octanol–water partition coefficient (Wildman–Crippen LogP) is 1.80. The molecule has 0 aliphatic carbocycles. The van der Waals surface area contributed by atoms with Crippen molar-refractivity contribution in [2.45, 2.75) is 19.1 Å². The zero-order valence-corrected chi connectivity index (χ0v) is 15.2. The number of ketones is 1. The van der Waals surface area contributed by atoms with Crippen molar-refractivity contribution in [3.8, 4) is 17.2 Å². The van der Waals surface area contributed by atoms with E-state index in [9.17, 15) is 4.79 Å². The Morgan fingerprint density at radius 1 is 1.29 bits per heavy atom. The van der Waals surface area contributed by atoms with Gasteiger partial charge in [0.2, 0.25) is 5.82 Å². The molecule has 1 aliphatic heterocycles. The summed E-state index contributed by atoms with van der Waals surface area (Å²) in [6, 6.07) is 12.1. The fourth-order valence-corrected chi connectivity index (χ4v) is 2.84. The van der Waals surface area contributed by atoms with Crippen LogP contribution in [0.3, 0.4) is 0 Å². The second-order valence-electron chi connectivity index (χ2n) is 6.35. The van der Waals surface area contributed by atoms with Crippen LogP contribution in [0.5, 0.6) is 17.2 Å². The van der Waals surface area contributed by atoms with Crippen LogP contribution >= 0.6 is 0 Å². The number of benzene rings is 2. The molecule has 144 valence electrons. The lowest BCUT2D eigenvalue weighted by Crippen LogP contribution is -2.51. The number of rotatable bonds is 6. The summed E-state index contributed by atoms with van der Waals surface area (Å²) in [5.41, 5.74) is 5.63.